The number of pyridine rings is 1. The van der Waals surface area contributed by atoms with Crippen LogP contribution in [0.15, 0.2) is 34.9 Å². The van der Waals surface area contributed by atoms with Gasteiger partial charge in [0.15, 0.2) is 0 Å². The van der Waals surface area contributed by atoms with Crippen LogP contribution in [0.3, 0.4) is 0 Å². The first-order valence-electron chi connectivity index (χ1n) is 5.74. The van der Waals surface area contributed by atoms with E-state index in [0.29, 0.717) is 21.4 Å². The number of aromatic nitrogens is 1. The number of amides is 1. The van der Waals surface area contributed by atoms with Gasteiger partial charge in [0.2, 0.25) is 0 Å². The van der Waals surface area contributed by atoms with E-state index in [2.05, 4.69) is 26.2 Å². The number of hydrogen-bond donors (Lipinski definition) is 2. The fraction of sp³-hybridized carbons (Fsp3) is 0.0714. The van der Waals surface area contributed by atoms with E-state index in [1.54, 1.807) is 6.07 Å². The molecule has 2 aromatic rings. The Balaban J connectivity index is 2.26. The summed E-state index contributed by atoms with van der Waals surface area (Å²) in [4.78, 5) is 16.0. The Morgan fingerprint density at radius 3 is 2.75 bits per heavy atom. The Bertz CT molecular complexity index is 681. The average molecular weight is 331 g/mol. The number of nitriles is 1. The summed E-state index contributed by atoms with van der Waals surface area (Å²) in [7, 11) is 0. The van der Waals surface area contributed by atoms with E-state index in [4.69, 9.17) is 11.0 Å². The Hall–Kier alpha value is -2.39. The average Bonchev–Trinajstić information content (AvgIpc) is 2.42. The van der Waals surface area contributed by atoms with Gasteiger partial charge < -0.3 is 11.1 Å². The van der Waals surface area contributed by atoms with Gasteiger partial charge in [0.1, 0.15) is 11.8 Å². The molecule has 0 aliphatic carbocycles. The van der Waals surface area contributed by atoms with Gasteiger partial charge in [-0.25, -0.2) is 4.98 Å². The smallest absolute Gasteiger partial charge is 0.274 e. The monoisotopic (exact) mass is 330 g/mol. The van der Waals surface area contributed by atoms with Crippen molar-refractivity contribution in [2.75, 3.05) is 11.1 Å². The van der Waals surface area contributed by atoms with Gasteiger partial charge >= 0.3 is 0 Å². The summed E-state index contributed by atoms with van der Waals surface area (Å²) >= 11 is 3.36. The van der Waals surface area contributed by atoms with E-state index >= 15 is 0 Å². The number of carbonyl (C=O) groups is 1. The van der Waals surface area contributed by atoms with E-state index in [1.165, 1.54) is 18.3 Å². The van der Waals surface area contributed by atoms with Crippen molar-refractivity contribution < 1.29 is 4.79 Å². The summed E-state index contributed by atoms with van der Waals surface area (Å²) in [5.74, 6) is -0.384. The summed E-state index contributed by atoms with van der Waals surface area (Å²) in [6.45, 7) is 1.91. The van der Waals surface area contributed by atoms with Gasteiger partial charge in [-0.3, -0.25) is 4.79 Å². The van der Waals surface area contributed by atoms with Gasteiger partial charge in [0.05, 0.1) is 16.9 Å². The van der Waals surface area contributed by atoms with Crippen LogP contribution in [-0.4, -0.2) is 10.9 Å². The molecule has 3 N–H and O–H groups in total. The van der Waals surface area contributed by atoms with Gasteiger partial charge in [0, 0.05) is 10.7 Å². The molecule has 0 saturated heterocycles. The van der Waals surface area contributed by atoms with E-state index in [9.17, 15) is 4.79 Å². The fourth-order valence-electron chi connectivity index (χ4n) is 1.67. The molecule has 0 fully saturated rings. The number of nitrogens with two attached hydrogens (primary N) is 1. The minimum atomic E-state index is -0.384. The van der Waals surface area contributed by atoms with Crippen molar-refractivity contribution in [2.45, 2.75) is 6.92 Å². The van der Waals surface area contributed by atoms with Crippen LogP contribution in [-0.2, 0) is 0 Å². The van der Waals surface area contributed by atoms with Gasteiger partial charge in [-0.05, 0) is 52.7 Å². The van der Waals surface area contributed by atoms with Crippen LogP contribution in [0.5, 0.6) is 0 Å². The molecule has 0 aliphatic heterocycles. The quantitative estimate of drug-likeness (QED) is 0.828. The summed E-state index contributed by atoms with van der Waals surface area (Å²) in [6, 6.07) is 8.60. The molecule has 0 bridgehead atoms. The normalized spacial score (nSPS) is 9.85. The van der Waals surface area contributed by atoms with Crippen molar-refractivity contribution in [1.29, 1.82) is 5.26 Å². The van der Waals surface area contributed by atoms with Crippen molar-refractivity contribution in [3.05, 3.63) is 51.8 Å². The molecule has 20 heavy (non-hydrogen) atoms. The molecule has 1 aromatic heterocycles. The lowest BCUT2D eigenvalue weighted by Gasteiger charge is -2.11. The molecule has 0 radical (unpaired) electrons. The third kappa shape index (κ3) is 2.95. The SMILES string of the molecule is Cc1cc(N)c(NC(=O)c2ccc(C#N)cn2)c(Br)c1. The van der Waals surface area contributed by atoms with E-state index in [1.807, 2.05) is 19.1 Å². The maximum Gasteiger partial charge on any atom is 0.274 e. The van der Waals surface area contributed by atoms with Crippen LogP contribution in [0.1, 0.15) is 21.6 Å². The van der Waals surface area contributed by atoms with Crippen molar-refractivity contribution in [3.8, 4) is 6.07 Å². The maximum absolute atomic E-state index is 12.1. The molecule has 0 spiro atoms. The lowest BCUT2D eigenvalue weighted by Crippen LogP contribution is -2.15. The highest BCUT2D eigenvalue weighted by molar-refractivity contribution is 9.10. The molecular formula is C14H11BrN4O. The Morgan fingerprint density at radius 2 is 2.20 bits per heavy atom. The minimum Gasteiger partial charge on any atom is -0.397 e. The topological polar surface area (TPSA) is 91.8 Å². The molecule has 2 rings (SSSR count). The number of anilines is 2. The number of nitrogen functional groups attached to an aromatic ring is 1. The maximum atomic E-state index is 12.1. The molecule has 1 amide bonds. The van der Waals surface area contributed by atoms with Gasteiger partial charge in [0.25, 0.3) is 5.91 Å². The number of carbonyl (C=O) groups excluding carboxylic acids is 1. The number of aryl methyl sites for hydroxylation is 1. The Morgan fingerprint density at radius 1 is 1.45 bits per heavy atom. The van der Waals surface area contributed by atoms with Crippen molar-refractivity contribution in [3.63, 3.8) is 0 Å². The second-order valence-corrected chi connectivity index (χ2v) is 5.06. The van der Waals surface area contributed by atoms with Crippen LogP contribution in [0, 0.1) is 18.3 Å². The number of nitrogens with one attached hydrogen (secondary N) is 1. The summed E-state index contributed by atoms with van der Waals surface area (Å²) in [5, 5.41) is 11.4. The van der Waals surface area contributed by atoms with Crippen LogP contribution >= 0.6 is 15.9 Å². The Kier molecular flexibility index (Phi) is 4.01. The number of benzene rings is 1. The van der Waals surface area contributed by atoms with Crippen LogP contribution in [0.25, 0.3) is 0 Å². The second-order valence-electron chi connectivity index (χ2n) is 4.21. The van der Waals surface area contributed by atoms with Gasteiger partial charge in [-0.2, -0.15) is 5.26 Å². The zero-order valence-electron chi connectivity index (χ0n) is 10.6. The number of halogens is 1. The molecule has 1 heterocycles. The van der Waals surface area contributed by atoms with Crippen molar-refractivity contribution >= 4 is 33.2 Å². The highest BCUT2D eigenvalue weighted by atomic mass is 79.9. The van der Waals surface area contributed by atoms with E-state index in [0.717, 1.165) is 5.56 Å². The predicted octanol–water partition coefficient (Wildman–Crippen LogP) is 2.86. The molecular weight excluding hydrogens is 320 g/mol. The van der Waals surface area contributed by atoms with Crippen LogP contribution in [0.4, 0.5) is 11.4 Å². The van der Waals surface area contributed by atoms with E-state index < -0.39 is 0 Å². The molecule has 0 saturated carbocycles. The molecule has 100 valence electrons. The first-order valence-corrected chi connectivity index (χ1v) is 6.53. The lowest BCUT2D eigenvalue weighted by atomic mass is 10.2. The standard InChI is InChI=1S/C14H11BrN4O/c1-8-4-10(15)13(11(17)5-8)19-14(20)12-3-2-9(6-16)7-18-12/h2-5,7H,17H2,1H3,(H,19,20). The number of rotatable bonds is 2. The third-order valence-corrected chi connectivity index (χ3v) is 3.25. The number of hydrogen-bond acceptors (Lipinski definition) is 4. The van der Waals surface area contributed by atoms with Gasteiger partial charge in [-0.15, -0.1) is 0 Å². The highest BCUT2D eigenvalue weighted by Crippen LogP contribution is 2.30. The molecule has 0 unspecified atom stereocenters. The molecule has 1 aromatic carbocycles. The summed E-state index contributed by atoms with van der Waals surface area (Å²) in [5.41, 5.74) is 8.47. The molecule has 6 heteroatoms. The van der Waals surface area contributed by atoms with Crippen molar-refractivity contribution in [2.24, 2.45) is 0 Å². The lowest BCUT2D eigenvalue weighted by molar-refractivity contribution is 0.102. The zero-order chi connectivity index (χ0) is 14.7. The zero-order valence-corrected chi connectivity index (χ0v) is 12.2. The van der Waals surface area contributed by atoms with E-state index in [-0.39, 0.29) is 11.6 Å². The predicted molar refractivity (Wildman–Crippen MR) is 80.2 cm³/mol. The third-order valence-electron chi connectivity index (χ3n) is 2.63. The first kappa shape index (κ1) is 14.0. The second kappa shape index (κ2) is 5.72. The fourth-order valence-corrected chi connectivity index (χ4v) is 2.36. The number of nitrogens with zero attached hydrogens (tertiary/aromatic N) is 2. The highest BCUT2D eigenvalue weighted by Gasteiger charge is 2.12. The molecule has 0 aliphatic rings. The van der Waals surface area contributed by atoms with Crippen LogP contribution < -0.4 is 11.1 Å². The summed E-state index contributed by atoms with van der Waals surface area (Å²) in [6.07, 6.45) is 1.35. The Labute approximate surface area is 124 Å². The van der Waals surface area contributed by atoms with Gasteiger partial charge in [-0.1, -0.05) is 0 Å². The molecule has 0 atom stereocenters. The first-order chi connectivity index (χ1) is 9.51. The molecule has 5 nitrogen and oxygen atoms in total. The van der Waals surface area contributed by atoms with Crippen molar-refractivity contribution in [1.82, 2.24) is 4.98 Å². The minimum absolute atomic E-state index is 0.218. The van der Waals surface area contributed by atoms with Crippen LogP contribution in [0.2, 0.25) is 0 Å². The summed E-state index contributed by atoms with van der Waals surface area (Å²) < 4.78 is 0.706. The largest absolute Gasteiger partial charge is 0.397 e.